The molecule has 1 N–H and O–H groups in total. The van der Waals surface area contributed by atoms with Gasteiger partial charge in [-0.15, -0.1) is 36.2 Å². The van der Waals surface area contributed by atoms with Crippen LogP contribution in [0.3, 0.4) is 0 Å². The number of nitrogens with one attached hydrogen (secondary N) is 1. The summed E-state index contributed by atoms with van der Waals surface area (Å²) in [7, 11) is 0. The van der Waals surface area contributed by atoms with Gasteiger partial charge in [-0.3, -0.25) is 0 Å². The quantitative estimate of drug-likeness (QED) is 0.864. The molecule has 1 aliphatic heterocycles. The lowest BCUT2D eigenvalue weighted by atomic mass is 9.93. The van der Waals surface area contributed by atoms with Crippen LogP contribution >= 0.6 is 36.2 Å². The molecular formula is C11H21Cl2N3S. The van der Waals surface area contributed by atoms with E-state index in [4.69, 9.17) is 4.98 Å². The number of piperazine rings is 1. The van der Waals surface area contributed by atoms with Crippen LogP contribution in [-0.2, 0) is 5.41 Å². The van der Waals surface area contributed by atoms with Crippen molar-refractivity contribution in [1.82, 2.24) is 10.3 Å². The highest BCUT2D eigenvalue weighted by atomic mass is 35.5. The number of nitrogens with zero attached hydrogens (tertiary/aromatic N) is 2. The van der Waals surface area contributed by atoms with Crippen LogP contribution in [0.15, 0.2) is 5.38 Å². The third kappa shape index (κ3) is 4.28. The second-order valence-corrected chi connectivity index (χ2v) is 5.84. The molecule has 1 aromatic rings. The van der Waals surface area contributed by atoms with Gasteiger partial charge < -0.3 is 10.2 Å². The number of hydrogen-bond acceptors (Lipinski definition) is 4. The Kier molecular flexibility index (Phi) is 6.77. The zero-order valence-electron chi connectivity index (χ0n) is 10.5. The van der Waals surface area contributed by atoms with Gasteiger partial charge in [-0.1, -0.05) is 20.8 Å². The van der Waals surface area contributed by atoms with Gasteiger partial charge in [-0.05, 0) is 0 Å². The predicted octanol–water partition coefficient (Wildman–Crippen LogP) is 2.69. The largest absolute Gasteiger partial charge is 0.346 e. The van der Waals surface area contributed by atoms with Gasteiger partial charge in [0.25, 0.3) is 0 Å². The van der Waals surface area contributed by atoms with E-state index < -0.39 is 0 Å². The lowest BCUT2D eigenvalue weighted by Crippen LogP contribution is -2.43. The van der Waals surface area contributed by atoms with E-state index in [9.17, 15) is 0 Å². The van der Waals surface area contributed by atoms with E-state index in [0.29, 0.717) is 0 Å². The molecule has 0 radical (unpaired) electrons. The van der Waals surface area contributed by atoms with Crippen LogP contribution in [0, 0.1) is 0 Å². The number of hydrogen-bond donors (Lipinski definition) is 1. The van der Waals surface area contributed by atoms with Gasteiger partial charge in [0.2, 0.25) is 0 Å². The summed E-state index contributed by atoms with van der Waals surface area (Å²) in [4.78, 5) is 7.09. The minimum atomic E-state index is 0. The summed E-state index contributed by atoms with van der Waals surface area (Å²) >= 11 is 1.77. The molecule has 1 fully saturated rings. The van der Waals surface area contributed by atoms with Gasteiger partial charge in [-0.2, -0.15) is 0 Å². The summed E-state index contributed by atoms with van der Waals surface area (Å²) in [6.07, 6.45) is 0. The molecule has 6 heteroatoms. The Morgan fingerprint density at radius 2 is 1.82 bits per heavy atom. The fourth-order valence-corrected chi connectivity index (χ4v) is 2.72. The Morgan fingerprint density at radius 1 is 1.24 bits per heavy atom. The molecule has 1 aromatic heterocycles. The summed E-state index contributed by atoms with van der Waals surface area (Å²) in [6.45, 7) is 10.9. The fourth-order valence-electron chi connectivity index (χ4n) is 1.61. The Labute approximate surface area is 120 Å². The molecule has 0 amide bonds. The van der Waals surface area contributed by atoms with Crippen LogP contribution in [0.4, 0.5) is 5.13 Å². The normalized spacial score (nSPS) is 16.1. The van der Waals surface area contributed by atoms with Crippen LogP contribution in [0.2, 0.25) is 0 Å². The Hall–Kier alpha value is -0.0300. The highest BCUT2D eigenvalue weighted by Gasteiger charge is 2.20. The average molecular weight is 298 g/mol. The molecule has 0 unspecified atom stereocenters. The first kappa shape index (κ1) is 17.0. The maximum Gasteiger partial charge on any atom is 0.185 e. The molecule has 0 aromatic carbocycles. The molecule has 0 spiro atoms. The van der Waals surface area contributed by atoms with Gasteiger partial charge in [0.15, 0.2) is 5.13 Å². The topological polar surface area (TPSA) is 28.2 Å². The number of rotatable bonds is 1. The molecule has 1 aliphatic rings. The van der Waals surface area contributed by atoms with Gasteiger partial charge in [-0.25, -0.2) is 4.98 Å². The molecular weight excluding hydrogens is 277 g/mol. The van der Waals surface area contributed by atoms with Crippen LogP contribution in [0.25, 0.3) is 0 Å². The van der Waals surface area contributed by atoms with Gasteiger partial charge >= 0.3 is 0 Å². The molecule has 0 saturated carbocycles. The monoisotopic (exact) mass is 297 g/mol. The summed E-state index contributed by atoms with van der Waals surface area (Å²) in [6, 6.07) is 0. The SMILES string of the molecule is CC(C)(C)c1csc(N2CCNCC2)n1.Cl.Cl. The average Bonchev–Trinajstić information content (AvgIpc) is 2.67. The molecule has 0 atom stereocenters. The van der Waals surface area contributed by atoms with E-state index in [1.54, 1.807) is 11.3 Å². The summed E-state index contributed by atoms with van der Waals surface area (Å²) < 4.78 is 0. The summed E-state index contributed by atoms with van der Waals surface area (Å²) in [5.74, 6) is 0. The van der Waals surface area contributed by atoms with Crippen molar-refractivity contribution in [3.05, 3.63) is 11.1 Å². The molecule has 0 aliphatic carbocycles. The van der Waals surface area contributed by atoms with Gasteiger partial charge in [0.1, 0.15) is 0 Å². The van der Waals surface area contributed by atoms with Crippen LogP contribution < -0.4 is 10.2 Å². The van der Waals surface area contributed by atoms with Crippen molar-refractivity contribution in [2.75, 3.05) is 31.1 Å². The highest BCUT2D eigenvalue weighted by Crippen LogP contribution is 2.28. The minimum absolute atomic E-state index is 0. The standard InChI is InChI=1S/C11H19N3S.2ClH/c1-11(2,3)9-8-15-10(13-9)14-6-4-12-5-7-14;;/h8,12H,4-7H2,1-3H3;2*1H. The molecule has 0 bridgehead atoms. The number of halogens is 2. The molecule has 100 valence electrons. The second kappa shape index (κ2) is 6.78. The highest BCUT2D eigenvalue weighted by molar-refractivity contribution is 7.13. The molecule has 2 heterocycles. The van der Waals surface area contributed by atoms with Crippen molar-refractivity contribution in [2.45, 2.75) is 26.2 Å². The number of anilines is 1. The zero-order valence-corrected chi connectivity index (χ0v) is 13.0. The Morgan fingerprint density at radius 3 is 2.29 bits per heavy atom. The smallest absolute Gasteiger partial charge is 0.185 e. The van der Waals surface area contributed by atoms with E-state index in [-0.39, 0.29) is 30.2 Å². The van der Waals surface area contributed by atoms with E-state index in [1.807, 2.05) is 0 Å². The number of aromatic nitrogens is 1. The van der Waals surface area contributed by atoms with E-state index in [1.165, 1.54) is 10.8 Å². The maximum atomic E-state index is 4.72. The second-order valence-electron chi connectivity index (χ2n) is 5.00. The molecule has 1 saturated heterocycles. The molecule has 2 rings (SSSR count). The minimum Gasteiger partial charge on any atom is -0.346 e. The Bertz CT molecular complexity index is 330. The number of thiazole rings is 1. The van der Waals surface area contributed by atoms with Crippen LogP contribution in [-0.4, -0.2) is 31.2 Å². The first-order valence-electron chi connectivity index (χ1n) is 5.49. The van der Waals surface area contributed by atoms with Crippen LogP contribution in [0.1, 0.15) is 26.5 Å². The van der Waals surface area contributed by atoms with Gasteiger partial charge in [0, 0.05) is 37.0 Å². The predicted molar refractivity (Wildman–Crippen MR) is 80.4 cm³/mol. The first-order valence-corrected chi connectivity index (χ1v) is 6.37. The summed E-state index contributed by atoms with van der Waals surface area (Å²) in [5.41, 5.74) is 1.38. The van der Waals surface area contributed by atoms with E-state index >= 15 is 0 Å². The first-order chi connectivity index (χ1) is 7.07. The Balaban J connectivity index is 0.00000128. The molecule has 3 nitrogen and oxygen atoms in total. The van der Waals surface area contributed by atoms with Crippen molar-refractivity contribution >= 4 is 41.3 Å². The molecule has 17 heavy (non-hydrogen) atoms. The van der Waals surface area contributed by atoms with Crippen molar-refractivity contribution in [1.29, 1.82) is 0 Å². The van der Waals surface area contributed by atoms with Gasteiger partial charge in [0.05, 0.1) is 5.69 Å². The van der Waals surface area contributed by atoms with Crippen molar-refractivity contribution in [3.8, 4) is 0 Å². The van der Waals surface area contributed by atoms with Crippen LogP contribution in [0.5, 0.6) is 0 Å². The van der Waals surface area contributed by atoms with E-state index in [2.05, 4.69) is 36.4 Å². The fraction of sp³-hybridized carbons (Fsp3) is 0.727. The summed E-state index contributed by atoms with van der Waals surface area (Å²) in [5, 5.41) is 6.73. The lowest BCUT2D eigenvalue weighted by Gasteiger charge is -2.26. The van der Waals surface area contributed by atoms with E-state index in [0.717, 1.165) is 26.2 Å². The third-order valence-electron chi connectivity index (χ3n) is 2.65. The zero-order chi connectivity index (χ0) is 10.9. The maximum absolute atomic E-state index is 4.72. The lowest BCUT2D eigenvalue weighted by molar-refractivity contribution is 0.564. The van der Waals surface area contributed by atoms with Crippen molar-refractivity contribution < 1.29 is 0 Å². The van der Waals surface area contributed by atoms with Crippen molar-refractivity contribution in [2.24, 2.45) is 0 Å². The third-order valence-corrected chi connectivity index (χ3v) is 3.55. The van der Waals surface area contributed by atoms with Crippen molar-refractivity contribution in [3.63, 3.8) is 0 Å².